The molecule has 0 aromatic heterocycles. The van der Waals surface area contributed by atoms with Crippen molar-refractivity contribution in [3.63, 3.8) is 0 Å². The van der Waals surface area contributed by atoms with Crippen LogP contribution < -0.4 is 10.6 Å². The van der Waals surface area contributed by atoms with Crippen LogP contribution >= 0.6 is 0 Å². The maximum atomic E-state index is 11.7. The van der Waals surface area contributed by atoms with Crippen LogP contribution in [0.15, 0.2) is 12.2 Å². The summed E-state index contributed by atoms with van der Waals surface area (Å²) in [5.74, 6) is 0.237. The van der Waals surface area contributed by atoms with Crippen molar-refractivity contribution in [1.82, 2.24) is 10.6 Å². The highest BCUT2D eigenvalue weighted by Gasteiger charge is 2.14. The Labute approximate surface area is 174 Å². The lowest BCUT2D eigenvalue weighted by atomic mass is 10.1. The van der Waals surface area contributed by atoms with Gasteiger partial charge in [-0.25, -0.2) is 4.79 Å². The first-order valence-corrected chi connectivity index (χ1v) is 11.9. The molecule has 1 unspecified atom stereocenters. The first kappa shape index (κ1) is 27.0. The Hall–Kier alpha value is -1.03. The molecule has 2 amide bonds. The van der Waals surface area contributed by atoms with E-state index in [-0.39, 0.29) is 24.6 Å². The number of amides is 2. The van der Waals surface area contributed by atoms with Gasteiger partial charge in [0.2, 0.25) is 0 Å². The molecule has 0 aliphatic rings. The van der Waals surface area contributed by atoms with Crippen LogP contribution in [0.3, 0.4) is 0 Å². The molecule has 0 aliphatic heterocycles. The molecule has 0 aliphatic carbocycles. The van der Waals surface area contributed by atoms with Crippen LogP contribution in [-0.4, -0.2) is 30.3 Å². The monoisotopic (exact) mass is 396 g/mol. The standard InChI is InChI=1S/C24H48N2O2/c1-4-5-6-7-8-9-10-11-12-13-14-15-16-17-18-19-20-25-24(28)26-23(21-27)22(2)3/h11-12,22-23,27H,4-10,13-21H2,1-3H3,(H2,25,26,28). The smallest absolute Gasteiger partial charge is 0.315 e. The molecule has 4 heteroatoms. The fraction of sp³-hybridized carbons (Fsp3) is 0.875. The van der Waals surface area contributed by atoms with E-state index in [9.17, 15) is 9.90 Å². The molecule has 1 atom stereocenters. The second-order valence-corrected chi connectivity index (χ2v) is 8.37. The molecular formula is C24H48N2O2. The zero-order chi connectivity index (χ0) is 20.9. The van der Waals surface area contributed by atoms with Gasteiger partial charge in [0.25, 0.3) is 0 Å². The summed E-state index contributed by atoms with van der Waals surface area (Å²) in [6, 6.07) is -0.333. The molecule has 3 N–H and O–H groups in total. The maximum Gasteiger partial charge on any atom is 0.315 e. The van der Waals surface area contributed by atoms with E-state index < -0.39 is 0 Å². The number of unbranched alkanes of at least 4 members (excludes halogenated alkanes) is 12. The molecule has 0 rings (SSSR count). The number of carbonyl (C=O) groups excluding carboxylic acids is 1. The normalized spacial score (nSPS) is 12.6. The van der Waals surface area contributed by atoms with Crippen molar-refractivity contribution in [3.8, 4) is 0 Å². The largest absolute Gasteiger partial charge is 0.394 e. The van der Waals surface area contributed by atoms with Crippen LogP contribution in [0.25, 0.3) is 0 Å². The van der Waals surface area contributed by atoms with E-state index in [1.54, 1.807) is 0 Å². The minimum atomic E-state index is -0.167. The van der Waals surface area contributed by atoms with Gasteiger partial charge in [-0.15, -0.1) is 0 Å². The van der Waals surface area contributed by atoms with Gasteiger partial charge in [0.1, 0.15) is 0 Å². The number of nitrogens with one attached hydrogen (secondary N) is 2. The van der Waals surface area contributed by atoms with Crippen LogP contribution in [-0.2, 0) is 0 Å². The Balaban J connectivity index is 3.31. The Morgan fingerprint density at radius 1 is 0.821 bits per heavy atom. The fourth-order valence-corrected chi connectivity index (χ4v) is 3.22. The number of hydrogen-bond donors (Lipinski definition) is 3. The zero-order valence-electron chi connectivity index (χ0n) is 19.0. The maximum absolute atomic E-state index is 11.7. The average molecular weight is 397 g/mol. The second kappa shape index (κ2) is 20.7. The van der Waals surface area contributed by atoms with Gasteiger partial charge in [-0.3, -0.25) is 0 Å². The molecule has 0 aromatic rings. The van der Waals surface area contributed by atoms with E-state index in [0.29, 0.717) is 6.54 Å². The highest BCUT2D eigenvalue weighted by atomic mass is 16.3. The van der Waals surface area contributed by atoms with Crippen LogP contribution in [0.5, 0.6) is 0 Å². The lowest BCUT2D eigenvalue weighted by molar-refractivity contribution is 0.198. The summed E-state index contributed by atoms with van der Waals surface area (Å²) in [6.07, 6.45) is 22.8. The molecular weight excluding hydrogens is 348 g/mol. The van der Waals surface area contributed by atoms with Gasteiger partial charge >= 0.3 is 6.03 Å². The van der Waals surface area contributed by atoms with Crippen molar-refractivity contribution in [2.75, 3.05) is 13.2 Å². The Morgan fingerprint density at radius 2 is 1.32 bits per heavy atom. The number of carbonyl (C=O) groups is 1. The highest BCUT2D eigenvalue weighted by molar-refractivity contribution is 5.74. The van der Waals surface area contributed by atoms with Crippen LogP contribution in [0, 0.1) is 5.92 Å². The predicted octanol–water partition coefficient (Wildman–Crippen LogP) is 6.34. The Morgan fingerprint density at radius 3 is 1.82 bits per heavy atom. The van der Waals surface area contributed by atoms with E-state index in [2.05, 4.69) is 29.7 Å². The quantitative estimate of drug-likeness (QED) is 0.176. The summed E-state index contributed by atoms with van der Waals surface area (Å²) in [6.45, 7) is 6.95. The van der Waals surface area contributed by atoms with E-state index in [1.807, 2.05) is 13.8 Å². The van der Waals surface area contributed by atoms with Crippen molar-refractivity contribution in [1.29, 1.82) is 0 Å². The third-order valence-corrected chi connectivity index (χ3v) is 5.29. The summed E-state index contributed by atoms with van der Waals surface area (Å²) < 4.78 is 0. The number of hydrogen-bond acceptors (Lipinski definition) is 2. The molecule has 0 saturated carbocycles. The minimum Gasteiger partial charge on any atom is -0.394 e. The van der Waals surface area contributed by atoms with Crippen molar-refractivity contribution >= 4 is 6.03 Å². The topological polar surface area (TPSA) is 61.4 Å². The molecule has 0 saturated heterocycles. The Kier molecular flexibility index (Phi) is 19.9. The van der Waals surface area contributed by atoms with Crippen molar-refractivity contribution in [2.24, 2.45) is 5.92 Å². The average Bonchev–Trinajstić information content (AvgIpc) is 2.68. The van der Waals surface area contributed by atoms with Gasteiger partial charge in [-0.2, -0.15) is 0 Å². The molecule has 4 nitrogen and oxygen atoms in total. The fourth-order valence-electron chi connectivity index (χ4n) is 3.22. The van der Waals surface area contributed by atoms with Crippen molar-refractivity contribution in [3.05, 3.63) is 12.2 Å². The molecule has 0 radical (unpaired) electrons. The first-order valence-electron chi connectivity index (χ1n) is 11.9. The number of allylic oxidation sites excluding steroid dienone is 2. The third kappa shape index (κ3) is 18.3. The SMILES string of the molecule is CCCCCCCCC=CCCCCCCCCNC(=O)NC(CO)C(C)C. The molecule has 28 heavy (non-hydrogen) atoms. The summed E-state index contributed by atoms with van der Waals surface area (Å²) in [4.78, 5) is 11.7. The molecule has 0 spiro atoms. The number of rotatable bonds is 19. The van der Waals surface area contributed by atoms with Gasteiger partial charge in [0.15, 0.2) is 0 Å². The zero-order valence-corrected chi connectivity index (χ0v) is 19.0. The van der Waals surface area contributed by atoms with Gasteiger partial charge in [0, 0.05) is 6.54 Å². The van der Waals surface area contributed by atoms with Crippen LogP contribution in [0.4, 0.5) is 4.79 Å². The van der Waals surface area contributed by atoms with Crippen molar-refractivity contribution in [2.45, 2.75) is 117 Å². The van der Waals surface area contributed by atoms with E-state index in [0.717, 1.165) is 6.42 Å². The van der Waals surface area contributed by atoms with E-state index in [1.165, 1.54) is 83.5 Å². The number of urea groups is 1. The van der Waals surface area contributed by atoms with Crippen molar-refractivity contribution < 1.29 is 9.90 Å². The molecule has 0 aromatic carbocycles. The summed E-state index contributed by atoms with van der Waals surface area (Å²) >= 11 is 0. The lowest BCUT2D eigenvalue weighted by Gasteiger charge is -2.20. The lowest BCUT2D eigenvalue weighted by Crippen LogP contribution is -2.46. The first-order chi connectivity index (χ1) is 13.6. The molecule has 0 fully saturated rings. The summed E-state index contributed by atoms with van der Waals surface area (Å²) in [7, 11) is 0. The number of aliphatic hydroxyl groups excluding tert-OH is 1. The van der Waals surface area contributed by atoms with Gasteiger partial charge in [-0.1, -0.05) is 90.7 Å². The van der Waals surface area contributed by atoms with Gasteiger partial charge in [-0.05, 0) is 38.0 Å². The van der Waals surface area contributed by atoms with E-state index in [4.69, 9.17) is 0 Å². The Bertz CT molecular complexity index is 370. The highest BCUT2D eigenvalue weighted by Crippen LogP contribution is 2.09. The minimum absolute atomic E-state index is 0.0146. The second-order valence-electron chi connectivity index (χ2n) is 8.37. The molecule has 166 valence electrons. The predicted molar refractivity (Wildman–Crippen MR) is 122 cm³/mol. The van der Waals surface area contributed by atoms with E-state index >= 15 is 0 Å². The molecule has 0 bridgehead atoms. The van der Waals surface area contributed by atoms with Crippen LogP contribution in [0.2, 0.25) is 0 Å². The summed E-state index contributed by atoms with van der Waals surface area (Å²) in [5, 5.41) is 14.9. The summed E-state index contributed by atoms with van der Waals surface area (Å²) in [5.41, 5.74) is 0. The molecule has 0 heterocycles. The van der Waals surface area contributed by atoms with Gasteiger partial charge < -0.3 is 15.7 Å². The van der Waals surface area contributed by atoms with Gasteiger partial charge in [0.05, 0.1) is 12.6 Å². The van der Waals surface area contributed by atoms with Crippen LogP contribution in [0.1, 0.15) is 111 Å². The number of aliphatic hydroxyl groups is 1. The third-order valence-electron chi connectivity index (χ3n) is 5.29.